The topological polar surface area (TPSA) is 72.5 Å². The van der Waals surface area contributed by atoms with Crippen LogP contribution in [0.25, 0.3) is 0 Å². The van der Waals surface area contributed by atoms with Crippen LogP contribution < -0.4 is 5.73 Å². The molecule has 32 heavy (non-hydrogen) atoms. The molecule has 0 aliphatic carbocycles. The summed E-state index contributed by atoms with van der Waals surface area (Å²) in [7, 11) is 0. The van der Waals surface area contributed by atoms with Crippen molar-refractivity contribution in [3.63, 3.8) is 0 Å². The molecule has 0 bridgehead atoms. The highest BCUT2D eigenvalue weighted by molar-refractivity contribution is 5.89. The number of phenolic OH excluding ortho intramolecular Hbond substituents is 1. The van der Waals surface area contributed by atoms with Crippen molar-refractivity contribution >= 4 is 5.97 Å². The van der Waals surface area contributed by atoms with Crippen molar-refractivity contribution in [1.29, 1.82) is 0 Å². The monoisotopic (exact) mass is 447 g/mol. The van der Waals surface area contributed by atoms with E-state index in [1.54, 1.807) is 18.2 Å². The zero-order chi connectivity index (χ0) is 23.7. The second-order valence-electron chi connectivity index (χ2n) is 8.51. The van der Waals surface area contributed by atoms with Crippen LogP contribution in [0.5, 0.6) is 5.75 Å². The van der Waals surface area contributed by atoms with E-state index in [2.05, 4.69) is 13.5 Å². The summed E-state index contributed by atoms with van der Waals surface area (Å²) in [5, 5.41) is 9.22. The van der Waals surface area contributed by atoms with Gasteiger partial charge in [0.2, 0.25) is 0 Å². The van der Waals surface area contributed by atoms with E-state index in [0.29, 0.717) is 18.7 Å². The molecule has 0 unspecified atom stereocenters. The average molecular weight is 448 g/mol. The van der Waals surface area contributed by atoms with Gasteiger partial charge in [-0.3, -0.25) is 0 Å². The average Bonchev–Trinajstić information content (AvgIpc) is 2.81. The fraction of sp³-hybridized carbons (Fsp3) is 0.679. The van der Waals surface area contributed by atoms with Gasteiger partial charge in [0, 0.05) is 6.54 Å². The highest BCUT2D eigenvalue weighted by Gasteiger charge is 2.06. The lowest BCUT2D eigenvalue weighted by Crippen LogP contribution is -2.06. The van der Waals surface area contributed by atoms with Gasteiger partial charge in [-0.2, -0.15) is 0 Å². The molecule has 0 heterocycles. The van der Waals surface area contributed by atoms with Gasteiger partial charge in [0.1, 0.15) is 5.75 Å². The summed E-state index contributed by atoms with van der Waals surface area (Å²) < 4.78 is 5.27. The molecule has 4 heteroatoms. The number of rotatable bonds is 19. The molecule has 1 aromatic carbocycles. The molecule has 4 nitrogen and oxygen atoms in total. The Morgan fingerprint density at radius 2 is 1.19 bits per heavy atom. The number of unbranched alkanes of at least 4 members (excludes halogenated alkanes) is 15. The highest BCUT2D eigenvalue weighted by Crippen LogP contribution is 2.14. The minimum absolute atomic E-state index is 0.161. The van der Waals surface area contributed by atoms with Crippen LogP contribution in [0.4, 0.5) is 0 Å². The lowest BCUT2D eigenvalue weighted by molar-refractivity contribution is 0.0497. The number of nitrogens with two attached hydrogens (primary N) is 1. The lowest BCUT2D eigenvalue weighted by Gasteiger charge is -2.05. The van der Waals surface area contributed by atoms with Gasteiger partial charge in [0.25, 0.3) is 0 Å². The van der Waals surface area contributed by atoms with Crippen LogP contribution in [0.1, 0.15) is 120 Å². The summed E-state index contributed by atoms with van der Waals surface area (Å²) >= 11 is 0. The number of esters is 1. The predicted octanol–water partition coefficient (Wildman–Crippen LogP) is 7.94. The largest absolute Gasteiger partial charge is 0.508 e. The molecule has 0 fully saturated rings. The number of hydrogen-bond acceptors (Lipinski definition) is 4. The standard InChI is InChI=1S/C25H42O3.C3H7N/c1-2-3-4-5-6-7-8-9-10-11-12-13-14-15-16-17-22-28-25(27)23-18-20-24(26)21-19-23;1-2-3-4/h18-21,26H,2-17,22H2,1H3;2H,1,3-4H2. The number of phenols is 1. The summed E-state index contributed by atoms with van der Waals surface area (Å²) in [5.41, 5.74) is 5.40. The van der Waals surface area contributed by atoms with Crippen molar-refractivity contribution in [3.05, 3.63) is 42.5 Å². The Labute approximate surface area is 197 Å². The number of carbonyl (C=O) groups excluding carboxylic acids is 1. The fourth-order valence-electron chi connectivity index (χ4n) is 3.50. The molecule has 1 rings (SSSR count). The first-order valence-corrected chi connectivity index (χ1v) is 12.9. The first-order valence-electron chi connectivity index (χ1n) is 12.9. The first kappa shape index (κ1) is 30.2. The summed E-state index contributed by atoms with van der Waals surface area (Å²) in [6.07, 6.45) is 23.1. The third-order valence-corrected chi connectivity index (χ3v) is 5.50. The summed E-state index contributed by atoms with van der Waals surface area (Å²) in [5.74, 6) is -0.143. The molecule has 184 valence electrons. The Morgan fingerprint density at radius 1 is 0.812 bits per heavy atom. The second-order valence-corrected chi connectivity index (χ2v) is 8.51. The Balaban J connectivity index is 0.00000220. The molecular formula is C28H49NO3. The van der Waals surface area contributed by atoms with Crippen molar-refractivity contribution in [1.82, 2.24) is 0 Å². The van der Waals surface area contributed by atoms with E-state index in [9.17, 15) is 9.90 Å². The van der Waals surface area contributed by atoms with Gasteiger partial charge in [-0.15, -0.1) is 6.58 Å². The molecule has 3 N–H and O–H groups in total. The quantitative estimate of drug-likeness (QED) is 0.128. The van der Waals surface area contributed by atoms with Crippen LogP contribution in [0.2, 0.25) is 0 Å². The van der Waals surface area contributed by atoms with Crippen molar-refractivity contribution in [3.8, 4) is 5.75 Å². The zero-order valence-electron chi connectivity index (χ0n) is 20.7. The molecule has 0 saturated carbocycles. The van der Waals surface area contributed by atoms with Gasteiger partial charge in [0.15, 0.2) is 0 Å². The summed E-state index contributed by atoms with van der Waals surface area (Å²) in [4.78, 5) is 11.8. The second kappa shape index (κ2) is 23.8. The maximum Gasteiger partial charge on any atom is 0.338 e. The van der Waals surface area contributed by atoms with E-state index >= 15 is 0 Å². The minimum Gasteiger partial charge on any atom is -0.508 e. The molecule has 0 atom stereocenters. The zero-order valence-corrected chi connectivity index (χ0v) is 20.7. The Morgan fingerprint density at radius 3 is 1.56 bits per heavy atom. The van der Waals surface area contributed by atoms with Crippen LogP contribution in [-0.4, -0.2) is 24.2 Å². The van der Waals surface area contributed by atoms with Gasteiger partial charge in [-0.1, -0.05) is 109 Å². The fourth-order valence-corrected chi connectivity index (χ4v) is 3.50. The Kier molecular flexibility index (Phi) is 22.5. The van der Waals surface area contributed by atoms with E-state index in [1.165, 1.54) is 102 Å². The van der Waals surface area contributed by atoms with E-state index in [0.717, 1.165) is 12.8 Å². The molecule has 0 aromatic heterocycles. The normalized spacial score (nSPS) is 10.3. The predicted molar refractivity (Wildman–Crippen MR) is 137 cm³/mol. The Hall–Kier alpha value is -1.81. The van der Waals surface area contributed by atoms with Crippen LogP contribution in [0, 0.1) is 0 Å². The molecule has 0 radical (unpaired) electrons. The van der Waals surface area contributed by atoms with Gasteiger partial charge in [-0.05, 0) is 30.7 Å². The molecular weight excluding hydrogens is 398 g/mol. The third-order valence-electron chi connectivity index (χ3n) is 5.50. The van der Waals surface area contributed by atoms with Crippen molar-refractivity contribution < 1.29 is 14.6 Å². The SMILES string of the molecule is C=CCN.CCCCCCCCCCCCCCCCCCOC(=O)c1ccc(O)cc1. The molecule has 0 amide bonds. The van der Waals surface area contributed by atoms with Gasteiger partial charge >= 0.3 is 5.97 Å². The lowest BCUT2D eigenvalue weighted by atomic mass is 10.0. The van der Waals surface area contributed by atoms with Crippen LogP contribution in [0.15, 0.2) is 36.9 Å². The Bertz CT molecular complexity index is 542. The van der Waals surface area contributed by atoms with Crippen molar-refractivity contribution in [2.45, 2.75) is 110 Å². The van der Waals surface area contributed by atoms with E-state index < -0.39 is 0 Å². The molecule has 1 aromatic rings. The maximum absolute atomic E-state index is 11.8. The molecule has 0 saturated heterocycles. The minimum atomic E-state index is -0.305. The molecule has 0 spiro atoms. The van der Waals surface area contributed by atoms with E-state index in [4.69, 9.17) is 10.5 Å². The van der Waals surface area contributed by atoms with Crippen LogP contribution >= 0.6 is 0 Å². The van der Waals surface area contributed by atoms with E-state index in [-0.39, 0.29) is 11.7 Å². The smallest absolute Gasteiger partial charge is 0.338 e. The number of aromatic hydroxyl groups is 1. The van der Waals surface area contributed by atoms with Crippen molar-refractivity contribution in [2.24, 2.45) is 5.73 Å². The summed E-state index contributed by atoms with van der Waals surface area (Å²) in [6, 6.07) is 6.19. The first-order chi connectivity index (χ1) is 15.7. The maximum atomic E-state index is 11.8. The van der Waals surface area contributed by atoms with E-state index in [1.807, 2.05) is 0 Å². The number of hydrogen-bond donors (Lipinski definition) is 2. The van der Waals surface area contributed by atoms with Crippen LogP contribution in [0.3, 0.4) is 0 Å². The molecule has 0 aliphatic heterocycles. The van der Waals surface area contributed by atoms with Gasteiger partial charge in [-0.25, -0.2) is 4.79 Å². The highest BCUT2D eigenvalue weighted by atomic mass is 16.5. The number of ether oxygens (including phenoxy) is 1. The van der Waals surface area contributed by atoms with Crippen molar-refractivity contribution in [2.75, 3.05) is 13.2 Å². The number of benzene rings is 1. The number of carbonyl (C=O) groups is 1. The molecule has 0 aliphatic rings. The van der Waals surface area contributed by atoms with Gasteiger partial charge in [0.05, 0.1) is 12.2 Å². The van der Waals surface area contributed by atoms with Crippen LogP contribution in [-0.2, 0) is 4.74 Å². The van der Waals surface area contributed by atoms with Gasteiger partial charge < -0.3 is 15.6 Å². The summed E-state index contributed by atoms with van der Waals surface area (Å²) in [6.45, 7) is 6.70. The third kappa shape index (κ3) is 20.1.